The number of aliphatic hydroxyl groups excluding tert-OH is 1. The molecule has 3 N–H and O–H groups in total. The number of nitrogen functional groups attached to an aromatic ring is 1. The Labute approximate surface area is 88.9 Å². The lowest BCUT2D eigenvalue weighted by atomic mass is 10.1. The van der Waals surface area contributed by atoms with Crippen LogP contribution in [0.1, 0.15) is 26.0 Å². The molecule has 0 unspecified atom stereocenters. The summed E-state index contributed by atoms with van der Waals surface area (Å²) in [4.78, 5) is 0. The zero-order valence-electron chi connectivity index (χ0n) is 9.20. The molecule has 0 aliphatic rings. The number of nitrogens with two attached hydrogens (primary N) is 1. The Hall–Kier alpha value is -1.10. The molecular formula is C10H18FN3O. The number of rotatable bonds is 5. The zero-order valence-corrected chi connectivity index (χ0v) is 9.20. The van der Waals surface area contributed by atoms with E-state index in [4.69, 9.17) is 10.8 Å². The second kappa shape index (κ2) is 5.11. The third-order valence-electron chi connectivity index (χ3n) is 2.27. The van der Waals surface area contributed by atoms with E-state index in [2.05, 4.69) is 18.9 Å². The summed E-state index contributed by atoms with van der Waals surface area (Å²) in [5, 5.41) is 12.8. The van der Waals surface area contributed by atoms with Gasteiger partial charge in [0.1, 0.15) is 5.69 Å². The fraction of sp³-hybridized carbons (Fsp3) is 0.700. The second-order valence-electron chi connectivity index (χ2n) is 4.03. The average molecular weight is 215 g/mol. The Morgan fingerprint density at radius 3 is 2.73 bits per heavy atom. The van der Waals surface area contributed by atoms with Crippen LogP contribution < -0.4 is 5.73 Å². The lowest BCUT2D eigenvalue weighted by Crippen LogP contribution is -2.08. The van der Waals surface area contributed by atoms with Gasteiger partial charge in [0.15, 0.2) is 11.6 Å². The van der Waals surface area contributed by atoms with Crippen molar-refractivity contribution in [3.63, 3.8) is 0 Å². The molecule has 0 aliphatic carbocycles. The molecule has 0 amide bonds. The van der Waals surface area contributed by atoms with Crippen LogP contribution in [-0.4, -0.2) is 21.5 Å². The van der Waals surface area contributed by atoms with Gasteiger partial charge in [0.2, 0.25) is 0 Å². The van der Waals surface area contributed by atoms with Crippen LogP contribution in [0.25, 0.3) is 0 Å². The maximum absolute atomic E-state index is 13.5. The zero-order chi connectivity index (χ0) is 11.4. The van der Waals surface area contributed by atoms with Gasteiger partial charge in [-0.25, -0.2) is 9.07 Å². The van der Waals surface area contributed by atoms with E-state index >= 15 is 0 Å². The summed E-state index contributed by atoms with van der Waals surface area (Å²) in [5.74, 6) is 0.0838. The third kappa shape index (κ3) is 2.92. The summed E-state index contributed by atoms with van der Waals surface area (Å²) in [6.45, 7) is 4.30. The minimum Gasteiger partial charge on any atom is -0.394 e. The Bertz CT molecular complexity index is 323. The van der Waals surface area contributed by atoms with Crippen molar-refractivity contribution in [2.24, 2.45) is 5.92 Å². The van der Waals surface area contributed by atoms with Crippen LogP contribution in [0.4, 0.5) is 10.2 Å². The molecule has 0 aliphatic heterocycles. The molecule has 0 radical (unpaired) electrons. The maximum Gasteiger partial charge on any atom is 0.188 e. The Balaban J connectivity index is 2.76. The first-order valence-corrected chi connectivity index (χ1v) is 5.17. The number of aromatic nitrogens is 2. The van der Waals surface area contributed by atoms with Gasteiger partial charge < -0.3 is 10.8 Å². The highest BCUT2D eigenvalue weighted by Gasteiger charge is 2.14. The maximum atomic E-state index is 13.5. The van der Waals surface area contributed by atoms with Crippen molar-refractivity contribution in [2.75, 3.05) is 12.3 Å². The first-order valence-electron chi connectivity index (χ1n) is 5.17. The first-order chi connectivity index (χ1) is 7.06. The molecule has 1 aromatic heterocycles. The standard InChI is InChI=1S/C10H18FN3O/c1-7(2)3-4-8-9(11)10(12)14(13-8)5-6-15/h7,15H,3-6,12H2,1-2H3. The Kier molecular flexibility index (Phi) is 4.08. The van der Waals surface area contributed by atoms with Gasteiger partial charge >= 0.3 is 0 Å². The van der Waals surface area contributed by atoms with Gasteiger partial charge in [-0.2, -0.15) is 5.10 Å². The van der Waals surface area contributed by atoms with Crippen LogP contribution in [0.5, 0.6) is 0 Å². The van der Waals surface area contributed by atoms with E-state index in [1.165, 1.54) is 4.68 Å². The molecule has 0 saturated heterocycles. The number of halogens is 1. The molecule has 1 aromatic rings. The predicted molar refractivity (Wildman–Crippen MR) is 56.8 cm³/mol. The van der Waals surface area contributed by atoms with E-state index in [0.717, 1.165) is 6.42 Å². The Morgan fingerprint density at radius 2 is 2.20 bits per heavy atom. The molecule has 0 atom stereocenters. The van der Waals surface area contributed by atoms with Crippen LogP contribution in [0.15, 0.2) is 0 Å². The van der Waals surface area contributed by atoms with E-state index in [1.54, 1.807) is 0 Å². The minimum absolute atomic E-state index is 0.0165. The van der Waals surface area contributed by atoms with Crippen LogP contribution in [0, 0.1) is 11.7 Å². The van der Waals surface area contributed by atoms with Crippen molar-refractivity contribution < 1.29 is 9.50 Å². The lowest BCUT2D eigenvalue weighted by Gasteiger charge is -2.01. The smallest absolute Gasteiger partial charge is 0.188 e. The van der Waals surface area contributed by atoms with Gasteiger partial charge in [-0.05, 0) is 18.8 Å². The van der Waals surface area contributed by atoms with Gasteiger partial charge in [-0.15, -0.1) is 0 Å². The van der Waals surface area contributed by atoms with Crippen LogP contribution >= 0.6 is 0 Å². The normalized spacial score (nSPS) is 11.3. The molecule has 0 saturated carbocycles. The highest BCUT2D eigenvalue weighted by Crippen LogP contribution is 2.17. The van der Waals surface area contributed by atoms with Gasteiger partial charge in [-0.1, -0.05) is 13.8 Å². The van der Waals surface area contributed by atoms with E-state index in [1.807, 2.05) is 0 Å². The van der Waals surface area contributed by atoms with Crippen molar-refractivity contribution in [1.29, 1.82) is 0 Å². The van der Waals surface area contributed by atoms with Crippen LogP contribution in [0.2, 0.25) is 0 Å². The van der Waals surface area contributed by atoms with Gasteiger partial charge in [0.25, 0.3) is 0 Å². The molecule has 15 heavy (non-hydrogen) atoms. The van der Waals surface area contributed by atoms with E-state index < -0.39 is 5.82 Å². The lowest BCUT2D eigenvalue weighted by molar-refractivity contribution is 0.270. The molecule has 1 rings (SSSR count). The number of nitrogens with zero attached hydrogens (tertiary/aromatic N) is 2. The third-order valence-corrected chi connectivity index (χ3v) is 2.27. The summed E-state index contributed by atoms with van der Waals surface area (Å²) < 4.78 is 14.8. The highest BCUT2D eigenvalue weighted by atomic mass is 19.1. The van der Waals surface area contributed by atoms with Gasteiger partial charge in [-0.3, -0.25) is 0 Å². The monoisotopic (exact) mass is 215 g/mol. The molecule has 5 heteroatoms. The summed E-state index contributed by atoms with van der Waals surface area (Å²) in [5.41, 5.74) is 5.91. The molecule has 86 valence electrons. The van der Waals surface area contributed by atoms with Crippen molar-refractivity contribution in [3.05, 3.63) is 11.5 Å². The number of hydrogen-bond acceptors (Lipinski definition) is 3. The topological polar surface area (TPSA) is 64.1 Å². The minimum atomic E-state index is -0.441. The highest BCUT2D eigenvalue weighted by molar-refractivity contribution is 5.33. The number of aliphatic hydroxyl groups is 1. The fourth-order valence-electron chi connectivity index (χ4n) is 1.35. The average Bonchev–Trinajstić information content (AvgIpc) is 2.44. The summed E-state index contributed by atoms with van der Waals surface area (Å²) in [7, 11) is 0. The molecule has 4 nitrogen and oxygen atoms in total. The van der Waals surface area contributed by atoms with Crippen molar-refractivity contribution >= 4 is 5.82 Å². The van der Waals surface area contributed by atoms with Crippen LogP contribution in [-0.2, 0) is 13.0 Å². The van der Waals surface area contributed by atoms with Crippen molar-refractivity contribution in [3.8, 4) is 0 Å². The molecule has 0 fully saturated rings. The molecule has 0 spiro atoms. The van der Waals surface area contributed by atoms with E-state index in [-0.39, 0.29) is 19.0 Å². The van der Waals surface area contributed by atoms with Gasteiger partial charge in [0.05, 0.1) is 13.2 Å². The predicted octanol–water partition coefficient (Wildman–Crippen LogP) is 1.19. The second-order valence-corrected chi connectivity index (χ2v) is 4.03. The number of aryl methyl sites for hydroxylation is 1. The SMILES string of the molecule is CC(C)CCc1nn(CCO)c(N)c1F. The number of anilines is 1. The molecule has 1 heterocycles. The first kappa shape index (κ1) is 12.0. The van der Waals surface area contributed by atoms with Gasteiger partial charge in [0, 0.05) is 0 Å². The summed E-state index contributed by atoms with van der Waals surface area (Å²) in [6, 6.07) is 0. The molecule has 0 aromatic carbocycles. The quantitative estimate of drug-likeness (QED) is 0.775. The van der Waals surface area contributed by atoms with E-state index in [9.17, 15) is 4.39 Å². The van der Waals surface area contributed by atoms with Crippen LogP contribution in [0.3, 0.4) is 0 Å². The van der Waals surface area contributed by atoms with E-state index in [0.29, 0.717) is 18.0 Å². The largest absolute Gasteiger partial charge is 0.394 e. The number of hydrogen-bond donors (Lipinski definition) is 2. The summed E-state index contributed by atoms with van der Waals surface area (Å²) in [6.07, 6.45) is 1.47. The summed E-state index contributed by atoms with van der Waals surface area (Å²) >= 11 is 0. The fourth-order valence-corrected chi connectivity index (χ4v) is 1.35. The van der Waals surface area contributed by atoms with Crippen molar-refractivity contribution in [2.45, 2.75) is 33.2 Å². The van der Waals surface area contributed by atoms with Crippen molar-refractivity contribution in [1.82, 2.24) is 9.78 Å². The molecule has 0 bridgehead atoms. The molecular weight excluding hydrogens is 197 g/mol. The Morgan fingerprint density at radius 1 is 1.53 bits per heavy atom.